The van der Waals surface area contributed by atoms with Crippen molar-refractivity contribution in [3.8, 4) is 28.3 Å². The molecule has 1 saturated heterocycles. The van der Waals surface area contributed by atoms with Gasteiger partial charge in [0.05, 0.1) is 47.0 Å². The van der Waals surface area contributed by atoms with Crippen molar-refractivity contribution in [3.63, 3.8) is 0 Å². The number of nitrogens with one attached hydrogen (secondary N) is 1. The summed E-state index contributed by atoms with van der Waals surface area (Å²) in [6.07, 6.45) is 7.91. The zero-order valence-corrected chi connectivity index (χ0v) is 23.4. The molecule has 1 N–H and O–H groups in total. The largest absolute Gasteiger partial charge is 0.495 e. The third-order valence-electron chi connectivity index (χ3n) is 7.89. The highest BCUT2D eigenvalue weighted by molar-refractivity contribution is 5.99. The molecule has 1 aliphatic heterocycles. The molecule has 0 amide bonds. The summed E-state index contributed by atoms with van der Waals surface area (Å²) in [5.41, 5.74) is 4.95. The fourth-order valence-electron chi connectivity index (χ4n) is 5.34. The zero-order chi connectivity index (χ0) is 28.7. The smallest absolute Gasteiger partial charge is 0.137 e. The van der Waals surface area contributed by atoms with Crippen LogP contribution in [0.4, 0.5) is 26.0 Å². The Kier molecular flexibility index (Phi) is 6.73. The Labute approximate surface area is 237 Å². The van der Waals surface area contributed by atoms with E-state index in [1.165, 1.54) is 6.07 Å². The van der Waals surface area contributed by atoms with Gasteiger partial charge in [-0.1, -0.05) is 19.9 Å². The maximum absolute atomic E-state index is 15.5. The van der Waals surface area contributed by atoms with Crippen LogP contribution in [0.5, 0.6) is 5.75 Å². The van der Waals surface area contributed by atoms with Crippen molar-refractivity contribution in [2.24, 2.45) is 5.41 Å². The first-order chi connectivity index (χ1) is 19.8. The molecule has 9 heteroatoms. The van der Waals surface area contributed by atoms with E-state index < -0.39 is 11.6 Å². The molecule has 5 aromatic rings. The molecule has 1 aliphatic rings. The van der Waals surface area contributed by atoms with Crippen molar-refractivity contribution in [2.45, 2.75) is 27.2 Å². The first-order valence-corrected chi connectivity index (χ1v) is 13.5. The number of rotatable bonds is 7. The van der Waals surface area contributed by atoms with Gasteiger partial charge in [-0.2, -0.15) is 0 Å². The Morgan fingerprint density at radius 3 is 2.61 bits per heavy atom. The van der Waals surface area contributed by atoms with E-state index in [9.17, 15) is 4.39 Å². The van der Waals surface area contributed by atoms with Gasteiger partial charge in [0.1, 0.15) is 23.2 Å². The van der Waals surface area contributed by atoms with Crippen molar-refractivity contribution < 1.29 is 13.5 Å². The highest BCUT2D eigenvalue weighted by atomic mass is 19.1. The Hall–Kier alpha value is -4.66. The number of hydrogen-bond donors (Lipinski definition) is 1. The minimum atomic E-state index is -0.703. The number of aromatic nitrogens is 4. The molecule has 0 bridgehead atoms. The molecular formula is C32H30F2N6O. The Bertz CT molecular complexity index is 1760. The quantitative estimate of drug-likeness (QED) is 0.227. The third kappa shape index (κ3) is 4.92. The molecule has 1 fully saturated rings. The second-order valence-corrected chi connectivity index (χ2v) is 10.8. The molecule has 41 heavy (non-hydrogen) atoms. The fourth-order valence-corrected chi connectivity index (χ4v) is 5.34. The molecule has 0 atom stereocenters. The lowest BCUT2D eigenvalue weighted by atomic mass is 9.79. The Morgan fingerprint density at radius 1 is 1.05 bits per heavy atom. The molecule has 5 heterocycles. The Morgan fingerprint density at radius 2 is 1.88 bits per heavy atom. The van der Waals surface area contributed by atoms with Gasteiger partial charge in [0.25, 0.3) is 0 Å². The van der Waals surface area contributed by atoms with Gasteiger partial charge in [-0.05, 0) is 31.5 Å². The minimum Gasteiger partial charge on any atom is -0.495 e. The first kappa shape index (κ1) is 26.6. The second-order valence-electron chi connectivity index (χ2n) is 10.8. The van der Waals surface area contributed by atoms with E-state index in [4.69, 9.17) is 9.72 Å². The summed E-state index contributed by atoms with van der Waals surface area (Å²) < 4.78 is 35.3. The SMILES string of the molecule is CCC1(C)CN(c2cc(Nc3c(C)c(-c4ccccn4)nc4cc(F)cc(F)c34)c(-c3cncc(OC)c3)cn2)C1. The van der Waals surface area contributed by atoms with Crippen LogP contribution in [-0.4, -0.2) is 40.1 Å². The van der Waals surface area contributed by atoms with Gasteiger partial charge in [-0.15, -0.1) is 0 Å². The number of halogens is 2. The van der Waals surface area contributed by atoms with E-state index in [1.807, 2.05) is 37.3 Å². The van der Waals surface area contributed by atoms with Crippen LogP contribution in [0.1, 0.15) is 25.8 Å². The number of anilines is 3. The van der Waals surface area contributed by atoms with Crippen LogP contribution in [0.2, 0.25) is 0 Å². The van der Waals surface area contributed by atoms with E-state index >= 15 is 4.39 Å². The lowest BCUT2D eigenvalue weighted by molar-refractivity contribution is 0.232. The van der Waals surface area contributed by atoms with Gasteiger partial charge in [0.15, 0.2) is 0 Å². The molecule has 7 nitrogen and oxygen atoms in total. The summed E-state index contributed by atoms with van der Waals surface area (Å²) in [5.74, 6) is 0.00960. The summed E-state index contributed by atoms with van der Waals surface area (Å²) in [5, 5.41) is 3.70. The highest BCUT2D eigenvalue weighted by Crippen LogP contribution is 2.42. The second kappa shape index (κ2) is 10.4. The van der Waals surface area contributed by atoms with E-state index in [0.717, 1.165) is 42.5 Å². The molecule has 208 valence electrons. The normalized spacial score (nSPS) is 14.1. The predicted molar refractivity (Wildman–Crippen MR) is 158 cm³/mol. The van der Waals surface area contributed by atoms with Crippen LogP contribution >= 0.6 is 0 Å². The maximum Gasteiger partial charge on any atom is 0.137 e. The molecule has 0 unspecified atom stereocenters. The van der Waals surface area contributed by atoms with Gasteiger partial charge >= 0.3 is 0 Å². The number of benzene rings is 1. The molecular weight excluding hydrogens is 522 g/mol. The monoisotopic (exact) mass is 552 g/mol. The summed E-state index contributed by atoms with van der Waals surface area (Å²) in [4.78, 5) is 20.4. The van der Waals surface area contributed by atoms with Crippen LogP contribution in [0.3, 0.4) is 0 Å². The molecule has 0 aliphatic carbocycles. The lowest BCUT2D eigenvalue weighted by Gasteiger charge is -2.48. The van der Waals surface area contributed by atoms with Gasteiger partial charge in [0, 0.05) is 72.0 Å². The zero-order valence-electron chi connectivity index (χ0n) is 23.4. The van der Waals surface area contributed by atoms with Crippen LogP contribution in [0.15, 0.2) is 67.3 Å². The average molecular weight is 553 g/mol. The van der Waals surface area contributed by atoms with Crippen molar-refractivity contribution in [3.05, 3.63) is 84.4 Å². The van der Waals surface area contributed by atoms with Crippen molar-refractivity contribution in [1.29, 1.82) is 0 Å². The number of hydrogen-bond acceptors (Lipinski definition) is 7. The van der Waals surface area contributed by atoms with Crippen LogP contribution in [0.25, 0.3) is 33.4 Å². The van der Waals surface area contributed by atoms with Crippen molar-refractivity contribution in [2.75, 3.05) is 30.4 Å². The maximum atomic E-state index is 15.5. The van der Waals surface area contributed by atoms with Crippen LogP contribution < -0.4 is 15.0 Å². The Balaban J connectivity index is 1.55. The standard InChI is InChI=1S/C32H30F2N6O/c1-5-32(3)17-40(18-32)28-13-26(23(16-37-28)20-10-22(41-4)15-35-14-20)38-31-19(2)30(25-8-6-7-9-36-25)39-27-12-21(33)11-24(34)29(27)31/h6-16H,5,17-18H2,1-4H3,(H,37,38,39). The summed E-state index contributed by atoms with van der Waals surface area (Å²) in [6, 6.07) is 11.5. The fraction of sp³-hybridized carbons (Fsp3) is 0.250. The number of methoxy groups -OCH3 is 1. The number of fused-ring (bicyclic) bond motifs is 1. The molecule has 0 radical (unpaired) electrons. The molecule has 4 aromatic heterocycles. The van der Waals surface area contributed by atoms with Crippen LogP contribution in [0, 0.1) is 24.0 Å². The van der Waals surface area contributed by atoms with E-state index in [-0.39, 0.29) is 16.3 Å². The van der Waals surface area contributed by atoms with Gasteiger partial charge in [0.2, 0.25) is 0 Å². The molecule has 0 spiro atoms. The minimum absolute atomic E-state index is 0.191. The third-order valence-corrected chi connectivity index (χ3v) is 7.89. The number of nitrogens with zero attached hydrogens (tertiary/aromatic N) is 5. The highest BCUT2D eigenvalue weighted by Gasteiger charge is 2.38. The average Bonchev–Trinajstić information content (AvgIpc) is 2.97. The predicted octanol–water partition coefficient (Wildman–Crippen LogP) is 7.33. The van der Waals surface area contributed by atoms with E-state index in [2.05, 4.69) is 39.0 Å². The van der Waals surface area contributed by atoms with Gasteiger partial charge < -0.3 is 15.0 Å². The van der Waals surface area contributed by atoms with E-state index in [0.29, 0.717) is 34.1 Å². The van der Waals surface area contributed by atoms with Crippen molar-refractivity contribution in [1.82, 2.24) is 19.9 Å². The van der Waals surface area contributed by atoms with E-state index in [1.54, 1.807) is 31.9 Å². The molecule has 1 aromatic carbocycles. The molecule has 6 rings (SSSR count). The number of pyridine rings is 4. The summed E-state index contributed by atoms with van der Waals surface area (Å²) in [6.45, 7) is 8.12. The van der Waals surface area contributed by atoms with Crippen molar-refractivity contribution >= 4 is 28.1 Å². The van der Waals surface area contributed by atoms with Gasteiger partial charge in [-0.3, -0.25) is 9.97 Å². The topological polar surface area (TPSA) is 76.1 Å². The summed E-state index contributed by atoms with van der Waals surface area (Å²) in [7, 11) is 1.59. The molecule has 0 saturated carbocycles. The number of ether oxygens (including phenoxy) is 1. The lowest BCUT2D eigenvalue weighted by Crippen LogP contribution is -2.54. The van der Waals surface area contributed by atoms with Gasteiger partial charge in [-0.25, -0.2) is 18.7 Å². The first-order valence-electron chi connectivity index (χ1n) is 13.5. The van der Waals surface area contributed by atoms with Crippen LogP contribution in [-0.2, 0) is 0 Å². The summed E-state index contributed by atoms with van der Waals surface area (Å²) >= 11 is 0.